The lowest BCUT2D eigenvalue weighted by molar-refractivity contribution is -0.137. The molecule has 11 heteroatoms. The van der Waals surface area contributed by atoms with Crippen LogP contribution in [0.4, 0.5) is 19.0 Å². The quantitative estimate of drug-likeness (QED) is 0.725. The number of hydrogen-bond donors (Lipinski definition) is 0. The van der Waals surface area contributed by atoms with Crippen molar-refractivity contribution in [3.8, 4) is 0 Å². The van der Waals surface area contributed by atoms with Gasteiger partial charge in [0.15, 0.2) is 0 Å². The van der Waals surface area contributed by atoms with Crippen LogP contribution in [0.5, 0.6) is 0 Å². The molecule has 0 radical (unpaired) electrons. The summed E-state index contributed by atoms with van der Waals surface area (Å²) < 4.78 is 44.3. The molecule has 1 amide bonds. The molecule has 3 heterocycles. The molecule has 2 aromatic rings. The van der Waals surface area contributed by atoms with Gasteiger partial charge in [0.25, 0.3) is 11.5 Å². The zero-order chi connectivity index (χ0) is 21.7. The number of anilines is 1. The van der Waals surface area contributed by atoms with E-state index >= 15 is 0 Å². The molecule has 1 aliphatic rings. The van der Waals surface area contributed by atoms with Gasteiger partial charge >= 0.3 is 6.18 Å². The molecule has 0 atom stereocenters. The van der Waals surface area contributed by atoms with E-state index in [1.807, 2.05) is 4.90 Å². The van der Waals surface area contributed by atoms with Gasteiger partial charge in [-0.3, -0.25) is 9.59 Å². The Balaban J connectivity index is 1.67. The minimum atomic E-state index is -4.43. The number of alkyl halides is 3. The number of pyridine rings is 1. The number of rotatable bonds is 5. The van der Waals surface area contributed by atoms with Gasteiger partial charge in [-0.1, -0.05) is 0 Å². The number of nitrogens with zero attached hydrogens (tertiary/aromatic N) is 5. The van der Waals surface area contributed by atoms with E-state index in [4.69, 9.17) is 4.74 Å². The summed E-state index contributed by atoms with van der Waals surface area (Å²) in [4.78, 5) is 32.1. The average Bonchev–Trinajstić information content (AvgIpc) is 2.98. The fraction of sp³-hybridized carbons (Fsp3) is 0.474. The predicted octanol–water partition coefficient (Wildman–Crippen LogP) is 1.66. The average molecular weight is 425 g/mol. The molecule has 1 saturated heterocycles. The molecule has 3 rings (SSSR count). The second-order valence-electron chi connectivity index (χ2n) is 6.81. The molecule has 0 saturated carbocycles. The molecule has 0 aromatic carbocycles. The van der Waals surface area contributed by atoms with Crippen molar-refractivity contribution in [3.05, 3.63) is 52.1 Å². The second kappa shape index (κ2) is 9.24. The molecule has 1 fully saturated rings. The highest BCUT2D eigenvalue weighted by Gasteiger charge is 2.31. The van der Waals surface area contributed by atoms with Gasteiger partial charge in [0.05, 0.1) is 18.7 Å². The van der Waals surface area contributed by atoms with E-state index in [-0.39, 0.29) is 23.7 Å². The Hall–Kier alpha value is -2.95. The first-order chi connectivity index (χ1) is 14.3. The van der Waals surface area contributed by atoms with Crippen LogP contribution in [0.3, 0.4) is 0 Å². The van der Waals surface area contributed by atoms with Gasteiger partial charge in [0.2, 0.25) is 0 Å². The first kappa shape index (κ1) is 21.8. The Labute approximate surface area is 170 Å². The molecule has 0 spiro atoms. The first-order valence-corrected chi connectivity index (χ1v) is 9.44. The lowest BCUT2D eigenvalue weighted by Gasteiger charge is -2.23. The van der Waals surface area contributed by atoms with E-state index in [0.29, 0.717) is 45.0 Å². The van der Waals surface area contributed by atoms with Crippen molar-refractivity contribution in [3.63, 3.8) is 0 Å². The predicted molar refractivity (Wildman–Crippen MR) is 102 cm³/mol. The standard InChI is InChI=1S/C19H22F3N5O3/c1-30-12-11-27-17(28)6-4-15(24-27)18(29)26-8-2-7-25(9-10-26)16-5-3-14(13-23-16)19(20,21)22/h3-6,13H,2,7-12H2,1H3. The van der Waals surface area contributed by atoms with Crippen molar-refractivity contribution in [2.75, 3.05) is 44.8 Å². The lowest BCUT2D eigenvalue weighted by Crippen LogP contribution is -2.37. The summed E-state index contributed by atoms with van der Waals surface area (Å²) in [6.07, 6.45) is -2.99. The Morgan fingerprint density at radius 1 is 1.13 bits per heavy atom. The maximum atomic E-state index is 12.8. The van der Waals surface area contributed by atoms with Gasteiger partial charge < -0.3 is 14.5 Å². The van der Waals surface area contributed by atoms with E-state index < -0.39 is 11.7 Å². The maximum absolute atomic E-state index is 12.8. The summed E-state index contributed by atoms with van der Waals surface area (Å²) in [5.41, 5.74) is -0.960. The minimum Gasteiger partial charge on any atom is -0.383 e. The Bertz CT molecular complexity index is 930. The van der Waals surface area contributed by atoms with E-state index in [0.717, 1.165) is 12.3 Å². The number of hydrogen-bond acceptors (Lipinski definition) is 6. The van der Waals surface area contributed by atoms with Crippen molar-refractivity contribution < 1.29 is 22.7 Å². The number of carbonyl (C=O) groups is 1. The molecule has 8 nitrogen and oxygen atoms in total. The third-order valence-corrected chi connectivity index (χ3v) is 4.78. The summed E-state index contributed by atoms with van der Waals surface area (Å²) in [6, 6.07) is 5.04. The molecule has 0 unspecified atom stereocenters. The highest BCUT2D eigenvalue weighted by molar-refractivity contribution is 5.92. The van der Waals surface area contributed by atoms with Crippen LogP contribution in [0.2, 0.25) is 0 Å². The number of ether oxygens (including phenoxy) is 1. The van der Waals surface area contributed by atoms with Crippen molar-refractivity contribution in [1.29, 1.82) is 0 Å². The Kier molecular flexibility index (Phi) is 6.70. The zero-order valence-corrected chi connectivity index (χ0v) is 16.4. The Morgan fingerprint density at radius 3 is 2.60 bits per heavy atom. The van der Waals surface area contributed by atoms with Crippen molar-refractivity contribution in [2.45, 2.75) is 19.1 Å². The Morgan fingerprint density at radius 2 is 1.93 bits per heavy atom. The summed E-state index contributed by atoms with van der Waals surface area (Å²) in [5.74, 6) is 0.131. The summed E-state index contributed by atoms with van der Waals surface area (Å²) in [7, 11) is 1.51. The van der Waals surface area contributed by atoms with Gasteiger partial charge in [0.1, 0.15) is 11.5 Å². The van der Waals surface area contributed by atoms with Crippen LogP contribution in [-0.2, 0) is 17.5 Å². The number of halogens is 3. The van der Waals surface area contributed by atoms with E-state index in [1.54, 1.807) is 4.90 Å². The molecular formula is C19H22F3N5O3. The van der Waals surface area contributed by atoms with Crippen LogP contribution in [0.1, 0.15) is 22.5 Å². The number of methoxy groups -OCH3 is 1. The van der Waals surface area contributed by atoms with Crippen molar-refractivity contribution in [1.82, 2.24) is 19.7 Å². The van der Waals surface area contributed by atoms with Crippen LogP contribution in [0.15, 0.2) is 35.3 Å². The second-order valence-corrected chi connectivity index (χ2v) is 6.81. The van der Waals surface area contributed by atoms with Crippen LogP contribution in [0.25, 0.3) is 0 Å². The summed E-state index contributed by atoms with van der Waals surface area (Å²) in [6.45, 7) is 2.35. The monoisotopic (exact) mass is 425 g/mol. The van der Waals surface area contributed by atoms with E-state index in [1.165, 1.54) is 30.0 Å². The topological polar surface area (TPSA) is 80.6 Å². The number of amides is 1. The normalized spacial score (nSPS) is 15.2. The largest absolute Gasteiger partial charge is 0.417 e. The summed E-state index contributed by atoms with van der Waals surface area (Å²) >= 11 is 0. The molecule has 0 N–H and O–H groups in total. The highest BCUT2D eigenvalue weighted by atomic mass is 19.4. The third kappa shape index (κ3) is 5.15. The fourth-order valence-electron chi connectivity index (χ4n) is 3.15. The molecule has 1 aliphatic heterocycles. The molecule has 0 aliphatic carbocycles. The van der Waals surface area contributed by atoms with E-state index in [9.17, 15) is 22.8 Å². The zero-order valence-electron chi connectivity index (χ0n) is 16.4. The number of aromatic nitrogens is 3. The van der Waals surface area contributed by atoms with Crippen LogP contribution >= 0.6 is 0 Å². The van der Waals surface area contributed by atoms with Crippen molar-refractivity contribution >= 4 is 11.7 Å². The van der Waals surface area contributed by atoms with Gasteiger partial charge in [0, 0.05) is 45.6 Å². The molecule has 162 valence electrons. The highest BCUT2D eigenvalue weighted by Crippen LogP contribution is 2.29. The third-order valence-electron chi connectivity index (χ3n) is 4.78. The van der Waals surface area contributed by atoms with E-state index in [2.05, 4.69) is 10.1 Å². The van der Waals surface area contributed by atoms with Crippen LogP contribution in [0, 0.1) is 0 Å². The molecule has 30 heavy (non-hydrogen) atoms. The van der Waals surface area contributed by atoms with Gasteiger partial charge in [-0.15, -0.1) is 0 Å². The van der Waals surface area contributed by atoms with Crippen LogP contribution < -0.4 is 10.5 Å². The van der Waals surface area contributed by atoms with Gasteiger partial charge in [-0.25, -0.2) is 9.67 Å². The maximum Gasteiger partial charge on any atom is 0.417 e. The number of carbonyl (C=O) groups excluding carboxylic acids is 1. The molecule has 2 aromatic heterocycles. The van der Waals surface area contributed by atoms with Gasteiger partial charge in [-0.05, 0) is 24.6 Å². The lowest BCUT2D eigenvalue weighted by atomic mass is 10.2. The first-order valence-electron chi connectivity index (χ1n) is 9.44. The van der Waals surface area contributed by atoms with Crippen molar-refractivity contribution in [2.24, 2.45) is 0 Å². The smallest absolute Gasteiger partial charge is 0.383 e. The molecule has 0 bridgehead atoms. The van der Waals surface area contributed by atoms with Gasteiger partial charge in [-0.2, -0.15) is 18.3 Å². The SMILES string of the molecule is COCCn1nc(C(=O)N2CCCN(c3ccc(C(F)(F)F)cn3)CC2)ccc1=O. The summed E-state index contributed by atoms with van der Waals surface area (Å²) in [5, 5.41) is 4.13. The minimum absolute atomic E-state index is 0.159. The fourth-order valence-corrected chi connectivity index (χ4v) is 3.15. The van der Waals surface area contributed by atoms with Crippen LogP contribution in [-0.4, -0.2) is 65.5 Å². The molecular weight excluding hydrogens is 403 g/mol.